The molecule has 0 amide bonds. The van der Waals surface area contributed by atoms with E-state index in [2.05, 4.69) is 27.8 Å². The third-order valence-electron chi connectivity index (χ3n) is 2.98. The molecule has 0 spiro atoms. The van der Waals surface area contributed by atoms with Crippen LogP contribution in [-0.2, 0) is 4.79 Å². The molecule has 1 heterocycles. The van der Waals surface area contributed by atoms with Gasteiger partial charge in [0.1, 0.15) is 5.78 Å². The smallest absolute Gasteiger partial charge is 0.133 e. The van der Waals surface area contributed by atoms with Crippen LogP contribution in [0.15, 0.2) is 22.9 Å². The summed E-state index contributed by atoms with van der Waals surface area (Å²) in [5.41, 5.74) is 1.23. The maximum atomic E-state index is 11.5. The van der Waals surface area contributed by atoms with Crippen molar-refractivity contribution in [3.05, 3.63) is 28.5 Å². The molecule has 1 aliphatic rings. The van der Waals surface area contributed by atoms with Crippen LogP contribution in [0.1, 0.15) is 37.7 Å². The zero-order chi connectivity index (χ0) is 10.8. The molecule has 1 aliphatic carbocycles. The number of carbonyl (C=O) groups excluding carboxylic acids is 1. The van der Waals surface area contributed by atoms with Gasteiger partial charge in [-0.05, 0) is 45.8 Å². The lowest BCUT2D eigenvalue weighted by molar-refractivity contribution is -0.121. The van der Waals surface area contributed by atoms with Crippen molar-refractivity contribution in [2.75, 3.05) is 0 Å². The van der Waals surface area contributed by atoms with Gasteiger partial charge in [0.2, 0.25) is 0 Å². The summed E-state index contributed by atoms with van der Waals surface area (Å²) >= 11 is 3.50. The largest absolute Gasteiger partial charge is 0.300 e. The van der Waals surface area contributed by atoms with Gasteiger partial charge < -0.3 is 0 Å². The molecule has 0 aliphatic heterocycles. The molecule has 1 unspecified atom stereocenters. The van der Waals surface area contributed by atoms with Gasteiger partial charge in [0.15, 0.2) is 0 Å². The quantitative estimate of drug-likeness (QED) is 0.782. The van der Waals surface area contributed by atoms with Crippen LogP contribution in [0.3, 0.4) is 0 Å². The summed E-state index contributed by atoms with van der Waals surface area (Å²) in [7, 11) is 0. The van der Waals surface area contributed by atoms with E-state index in [-0.39, 0.29) is 0 Å². The molecule has 1 fully saturated rings. The summed E-state index contributed by atoms with van der Waals surface area (Å²) in [5.74, 6) is 1.28. The van der Waals surface area contributed by atoms with E-state index in [4.69, 9.17) is 0 Å². The number of aromatic nitrogens is 1. The summed E-state index contributed by atoms with van der Waals surface area (Å²) in [4.78, 5) is 15.6. The molecule has 15 heavy (non-hydrogen) atoms. The highest BCUT2D eigenvalue weighted by atomic mass is 79.9. The van der Waals surface area contributed by atoms with Crippen molar-refractivity contribution in [3.8, 4) is 0 Å². The molecule has 80 valence electrons. The summed E-state index contributed by atoms with van der Waals surface area (Å²) in [5, 5.41) is 0. The highest BCUT2D eigenvalue weighted by Gasteiger charge is 2.26. The minimum absolute atomic E-state index is 0.374. The predicted molar refractivity (Wildman–Crippen MR) is 62.7 cm³/mol. The number of carbonyl (C=O) groups is 1. The van der Waals surface area contributed by atoms with Crippen molar-refractivity contribution in [3.63, 3.8) is 0 Å². The van der Waals surface area contributed by atoms with E-state index in [1.54, 1.807) is 12.4 Å². The van der Waals surface area contributed by atoms with Gasteiger partial charge in [0.25, 0.3) is 0 Å². The number of nitrogens with zero attached hydrogens (tertiary/aromatic N) is 1. The van der Waals surface area contributed by atoms with Gasteiger partial charge in [-0.3, -0.25) is 9.78 Å². The maximum Gasteiger partial charge on any atom is 0.133 e. The highest BCUT2D eigenvalue weighted by Crippen LogP contribution is 2.36. The fraction of sp³-hybridized carbons (Fsp3) is 0.500. The average Bonchev–Trinajstić information content (AvgIpc) is 2.16. The number of hydrogen-bond acceptors (Lipinski definition) is 2. The minimum atomic E-state index is 0.374. The number of Topliss-reactive ketones (excluding diaryl/α,β-unsaturated/α-hetero) is 1. The van der Waals surface area contributed by atoms with Gasteiger partial charge in [0, 0.05) is 29.7 Å². The van der Waals surface area contributed by atoms with Crippen LogP contribution in [0.25, 0.3) is 0 Å². The minimum Gasteiger partial charge on any atom is -0.300 e. The van der Waals surface area contributed by atoms with Crippen LogP contribution in [0.2, 0.25) is 0 Å². The van der Waals surface area contributed by atoms with Crippen molar-refractivity contribution in [2.45, 2.75) is 32.1 Å². The summed E-state index contributed by atoms with van der Waals surface area (Å²) < 4.78 is 1.02. The Balaban J connectivity index is 2.23. The Labute approximate surface area is 98.2 Å². The van der Waals surface area contributed by atoms with Gasteiger partial charge in [-0.25, -0.2) is 0 Å². The fourth-order valence-electron chi connectivity index (χ4n) is 2.35. The first-order valence-corrected chi connectivity index (χ1v) is 6.07. The fourth-order valence-corrected chi connectivity index (χ4v) is 2.93. The summed E-state index contributed by atoms with van der Waals surface area (Å²) in [6.45, 7) is 2.15. The van der Waals surface area contributed by atoms with Crippen molar-refractivity contribution < 1.29 is 4.79 Å². The zero-order valence-corrected chi connectivity index (χ0v) is 10.3. The monoisotopic (exact) mass is 267 g/mol. The van der Waals surface area contributed by atoms with E-state index in [9.17, 15) is 4.79 Å². The molecule has 0 aromatic carbocycles. The van der Waals surface area contributed by atoms with E-state index in [1.807, 2.05) is 6.07 Å². The Kier molecular flexibility index (Phi) is 3.19. The molecule has 0 N–H and O–H groups in total. The van der Waals surface area contributed by atoms with E-state index in [1.165, 1.54) is 5.56 Å². The maximum absolute atomic E-state index is 11.5. The van der Waals surface area contributed by atoms with Crippen molar-refractivity contribution in [1.29, 1.82) is 0 Å². The number of pyridine rings is 1. The number of ketones is 1. The van der Waals surface area contributed by atoms with Crippen LogP contribution < -0.4 is 0 Å². The van der Waals surface area contributed by atoms with Crippen LogP contribution in [0.5, 0.6) is 0 Å². The molecule has 2 rings (SSSR count). The normalized spacial score (nSPS) is 26.7. The number of rotatable bonds is 1. The third kappa shape index (κ3) is 2.46. The topological polar surface area (TPSA) is 30.0 Å². The molecular weight excluding hydrogens is 254 g/mol. The molecule has 1 aromatic rings. The van der Waals surface area contributed by atoms with Crippen LogP contribution in [0.4, 0.5) is 0 Å². The van der Waals surface area contributed by atoms with Gasteiger partial charge in [0.05, 0.1) is 0 Å². The van der Waals surface area contributed by atoms with Crippen LogP contribution in [0, 0.1) is 5.92 Å². The Hall–Kier alpha value is -0.700. The van der Waals surface area contributed by atoms with Crippen LogP contribution >= 0.6 is 15.9 Å². The molecule has 3 heteroatoms. The van der Waals surface area contributed by atoms with E-state index in [0.717, 1.165) is 17.3 Å². The molecule has 0 radical (unpaired) electrons. The molecule has 2 atom stereocenters. The Morgan fingerprint density at radius 1 is 1.47 bits per heavy atom. The highest BCUT2D eigenvalue weighted by molar-refractivity contribution is 9.10. The average molecular weight is 268 g/mol. The van der Waals surface area contributed by atoms with E-state index in [0.29, 0.717) is 24.0 Å². The molecule has 1 aromatic heterocycles. The van der Waals surface area contributed by atoms with E-state index >= 15 is 0 Å². The zero-order valence-electron chi connectivity index (χ0n) is 8.74. The molecular formula is C12H14BrNO. The first-order valence-electron chi connectivity index (χ1n) is 5.28. The molecule has 0 bridgehead atoms. The predicted octanol–water partition coefficient (Wildman–Crippen LogP) is 3.32. The number of hydrogen-bond donors (Lipinski definition) is 0. The van der Waals surface area contributed by atoms with Gasteiger partial charge >= 0.3 is 0 Å². The first-order chi connectivity index (χ1) is 7.16. The summed E-state index contributed by atoms with van der Waals surface area (Å²) in [6.07, 6.45) is 6.14. The molecule has 0 saturated heterocycles. The lowest BCUT2D eigenvalue weighted by Crippen LogP contribution is -2.20. The second-order valence-corrected chi connectivity index (χ2v) is 5.24. The Bertz CT molecular complexity index is 378. The Morgan fingerprint density at radius 3 is 2.93 bits per heavy atom. The first kappa shape index (κ1) is 10.8. The third-order valence-corrected chi connectivity index (χ3v) is 3.64. The molecule has 1 saturated carbocycles. The van der Waals surface area contributed by atoms with Crippen LogP contribution in [-0.4, -0.2) is 10.8 Å². The van der Waals surface area contributed by atoms with E-state index < -0.39 is 0 Å². The second kappa shape index (κ2) is 4.44. The van der Waals surface area contributed by atoms with Crippen molar-refractivity contribution in [1.82, 2.24) is 4.98 Å². The van der Waals surface area contributed by atoms with Crippen molar-refractivity contribution in [2.24, 2.45) is 5.92 Å². The standard InChI is InChI=1S/C12H14BrNO/c1-8-4-9(6-10(15)5-8)11-2-3-14-7-12(11)13/h2-3,7-9H,4-6H2,1H3/t8?,9-/m0/s1. The number of halogens is 1. The van der Waals surface area contributed by atoms with Gasteiger partial charge in [-0.1, -0.05) is 6.92 Å². The van der Waals surface area contributed by atoms with Crippen molar-refractivity contribution >= 4 is 21.7 Å². The lowest BCUT2D eigenvalue weighted by Gasteiger charge is -2.26. The SMILES string of the molecule is CC1CC(=O)C[C@@H](c2ccncc2Br)C1. The van der Waals surface area contributed by atoms with Gasteiger partial charge in [-0.2, -0.15) is 0 Å². The van der Waals surface area contributed by atoms with Gasteiger partial charge in [-0.15, -0.1) is 0 Å². The Morgan fingerprint density at radius 2 is 2.27 bits per heavy atom. The summed E-state index contributed by atoms with van der Waals surface area (Å²) in [6, 6.07) is 2.01. The second-order valence-electron chi connectivity index (χ2n) is 4.38. The lowest BCUT2D eigenvalue weighted by atomic mass is 9.78. The molecule has 2 nitrogen and oxygen atoms in total.